The van der Waals surface area contributed by atoms with E-state index in [9.17, 15) is 9.50 Å². The van der Waals surface area contributed by atoms with Gasteiger partial charge in [-0.25, -0.2) is 4.39 Å². The topological polar surface area (TPSA) is 20.2 Å². The molecule has 1 N–H and O–H groups in total. The first kappa shape index (κ1) is 11.2. The van der Waals surface area contributed by atoms with E-state index in [4.69, 9.17) is 0 Å². The summed E-state index contributed by atoms with van der Waals surface area (Å²) in [4.78, 5) is 0. The number of aryl methyl sites for hydroxylation is 1. The van der Waals surface area contributed by atoms with Gasteiger partial charge in [-0.15, -0.1) is 0 Å². The molecule has 1 aromatic rings. The third kappa shape index (κ3) is 2.23. The molecule has 2 aliphatic carbocycles. The minimum atomic E-state index is -0.244. The molecule has 17 heavy (non-hydrogen) atoms. The van der Waals surface area contributed by atoms with Crippen LogP contribution < -0.4 is 0 Å². The first-order valence-corrected chi connectivity index (χ1v) is 6.56. The molecule has 3 atom stereocenters. The molecule has 2 fully saturated rings. The highest BCUT2D eigenvalue weighted by Gasteiger charge is 2.47. The molecular weight excluding hydrogens is 215 g/mol. The minimum absolute atomic E-state index is 0.192. The van der Waals surface area contributed by atoms with E-state index in [0.29, 0.717) is 12.3 Å². The van der Waals surface area contributed by atoms with Gasteiger partial charge in [-0.1, -0.05) is 6.07 Å². The standard InChI is InChI=1S/C15H19FO/c1-9-4-14(16)3-2-10(9)8-15(17)13-6-11-5-12(11)7-13/h2-4,11-13,15,17H,5-8H2,1H3. The number of aliphatic hydroxyl groups is 1. The van der Waals surface area contributed by atoms with E-state index in [1.807, 2.05) is 13.0 Å². The van der Waals surface area contributed by atoms with Gasteiger partial charge in [-0.3, -0.25) is 0 Å². The molecular formula is C15H19FO. The van der Waals surface area contributed by atoms with E-state index in [2.05, 4.69) is 0 Å². The lowest BCUT2D eigenvalue weighted by Gasteiger charge is -2.20. The predicted molar refractivity (Wildman–Crippen MR) is 65.2 cm³/mol. The van der Waals surface area contributed by atoms with Gasteiger partial charge in [-0.2, -0.15) is 0 Å². The van der Waals surface area contributed by atoms with E-state index in [1.165, 1.54) is 25.3 Å². The summed E-state index contributed by atoms with van der Waals surface area (Å²) in [5.74, 6) is 2.10. The highest BCUT2D eigenvalue weighted by Crippen LogP contribution is 2.55. The van der Waals surface area contributed by atoms with Crippen molar-refractivity contribution in [3.05, 3.63) is 35.1 Å². The molecule has 0 amide bonds. The number of hydrogen-bond acceptors (Lipinski definition) is 1. The maximum atomic E-state index is 13.0. The van der Waals surface area contributed by atoms with E-state index in [-0.39, 0.29) is 11.9 Å². The number of benzene rings is 1. The van der Waals surface area contributed by atoms with Crippen LogP contribution in [-0.4, -0.2) is 11.2 Å². The number of rotatable bonds is 3. The van der Waals surface area contributed by atoms with Crippen molar-refractivity contribution >= 4 is 0 Å². The summed E-state index contributed by atoms with van der Waals surface area (Å²) in [7, 11) is 0. The van der Waals surface area contributed by atoms with Crippen molar-refractivity contribution in [3.8, 4) is 0 Å². The molecule has 2 saturated carbocycles. The van der Waals surface area contributed by atoms with Crippen molar-refractivity contribution in [1.29, 1.82) is 0 Å². The summed E-state index contributed by atoms with van der Waals surface area (Å²) >= 11 is 0. The van der Waals surface area contributed by atoms with Gasteiger partial charge in [0.2, 0.25) is 0 Å². The quantitative estimate of drug-likeness (QED) is 0.852. The molecule has 1 nitrogen and oxygen atoms in total. The number of aliphatic hydroxyl groups excluding tert-OH is 1. The van der Waals surface area contributed by atoms with Crippen molar-refractivity contribution in [3.63, 3.8) is 0 Å². The highest BCUT2D eigenvalue weighted by atomic mass is 19.1. The van der Waals surface area contributed by atoms with E-state index in [1.54, 1.807) is 6.07 Å². The van der Waals surface area contributed by atoms with E-state index >= 15 is 0 Å². The maximum absolute atomic E-state index is 13.0. The first-order valence-electron chi connectivity index (χ1n) is 6.56. The second-order valence-corrected chi connectivity index (χ2v) is 5.83. The molecule has 0 spiro atoms. The van der Waals surface area contributed by atoms with Gasteiger partial charge in [0.05, 0.1) is 6.10 Å². The summed E-state index contributed by atoms with van der Waals surface area (Å²) in [6, 6.07) is 4.85. The number of hydrogen-bond donors (Lipinski definition) is 1. The Kier molecular flexibility index (Phi) is 2.70. The van der Waals surface area contributed by atoms with Crippen LogP contribution in [-0.2, 0) is 6.42 Å². The molecule has 2 heteroatoms. The lowest BCUT2D eigenvalue weighted by atomic mass is 9.91. The van der Waals surface area contributed by atoms with Crippen LogP contribution in [0, 0.1) is 30.5 Å². The van der Waals surface area contributed by atoms with Crippen LogP contribution in [0.2, 0.25) is 0 Å². The second-order valence-electron chi connectivity index (χ2n) is 5.83. The van der Waals surface area contributed by atoms with Crippen LogP contribution in [0.5, 0.6) is 0 Å². The smallest absolute Gasteiger partial charge is 0.123 e. The molecule has 0 saturated heterocycles. The summed E-state index contributed by atoms with van der Waals surface area (Å²) in [5, 5.41) is 10.2. The molecule has 3 unspecified atom stereocenters. The lowest BCUT2D eigenvalue weighted by molar-refractivity contribution is 0.104. The second kappa shape index (κ2) is 4.09. The first-order chi connectivity index (χ1) is 8.13. The summed E-state index contributed by atoms with van der Waals surface area (Å²) in [6.45, 7) is 1.91. The SMILES string of the molecule is Cc1cc(F)ccc1CC(O)C1CC2CC2C1. The Balaban J connectivity index is 1.65. The van der Waals surface area contributed by atoms with Crippen molar-refractivity contribution in [2.45, 2.75) is 38.7 Å². The Bertz CT molecular complexity index is 419. The van der Waals surface area contributed by atoms with Gasteiger partial charge in [0, 0.05) is 0 Å². The van der Waals surface area contributed by atoms with E-state index < -0.39 is 0 Å². The fourth-order valence-electron chi connectivity index (χ4n) is 3.36. The number of fused-ring (bicyclic) bond motifs is 1. The Morgan fingerprint density at radius 2 is 2.00 bits per heavy atom. The third-order valence-electron chi connectivity index (χ3n) is 4.56. The van der Waals surface area contributed by atoms with Crippen LogP contribution in [0.4, 0.5) is 4.39 Å². The van der Waals surface area contributed by atoms with Crippen LogP contribution in [0.15, 0.2) is 18.2 Å². The molecule has 0 bridgehead atoms. The summed E-state index contributed by atoms with van der Waals surface area (Å²) < 4.78 is 13.0. The van der Waals surface area contributed by atoms with Crippen molar-refractivity contribution in [2.75, 3.05) is 0 Å². The highest BCUT2D eigenvalue weighted by molar-refractivity contribution is 5.27. The normalized spacial score (nSPS) is 32.3. The van der Waals surface area contributed by atoms with Crippen LogP contribution >= 0.6 is 0 Å². The largest absolute Gasteiger partial charge is 0.392 e. The van der Waals surface area contributed by atoms with Crippen LogP contribution in [0.1, 0.15) is 30.4 Å². The Morgan fingerprint density at radius 1 is 1.29 bits per heavy atom. The average molecular weight is 234 g/mol. The van der Waals surface area contributed by atoms with Crippen molar-refractivity contribution < 1.29 is 9.50 Å². The molecule has 0 radical (unpaired) electrons. The minimum Gasteiger partial charge on any atom is -0.392 e. The maximum Gasteiger partial charge on any atom is 0.123 e. The van der Waals surface area contributed by atoms with Crippen LogP contribution in [0.3, 0.4) is 0 Å². The van der Waals surface area contributed by atoms with Gasteiger partial charge in [0.1, 0.15) is 5.82 Å². The van der Waals surface area contributed by atoms with Gasteiger partial charge >= 0.3 is 0 Å². The lowest BCUT2D eigenvalue weighted by Crippen LogP contribution is -2.22. The molecule has 0 heterocycles. The molecule has 0 aliphatic heterocycles. The number of halogens is 1. The molecule has 1 aromatic carbocycles. The Hall–Kier alpha value is -0.890. The predicted octanol–water partition coefficient (Wildman–Crippen LogP) is 3.08. The fraction of sp³-hybridized carbons (Fsp3) is 0.600. The molecule has 0 aromatic heterocycles. The van der Waals surface area contributed by atoms with Gasteiger partial charge < -0.3 is 5.11 Å². The third-order valence-corrected chi connectivity index (χ3v) is 4.56. The summed E-state index contributed by atoms with van der Waals surface area (Å²) in [5.41, 5.74) is 2.03. The van der Waals surface area contributed by atoms with Gasteiger partial charge in [0.15, 0.2) is 0 Å². The van der Waals surface area contributed by atoms with Crippen molar-refractivity contribution in [2.24, 2.45) is 17.8 Å². The molecule has 2 aliphatic rings. The van der Waals surface area contributed by atoms with Gasteiger partial charge in [-0.05, 0) is 73.6 Å². The molecule has 3 rings (SSSR count). The fourth-order valence-corrected chi connectivity index (χ4v) is 3.36. The monoisotopic (exact) mass is 234 g/mol. The zero-order valence-electron chi connectivity index (χ0n) is 10.2. The van der Waals surface area contributed by atoms with Crippen molar-refractivity contribution in [1.82, 2.24) is 0 Å². The zero-order valence-corrected chi connectivity index (χ0v) is 10.2. The van der Waals surface area contributed by atoms with Crippen LogP contribution in [0.25, 0.3) is 0 Å². The van der Waals surface area contributed by atoms with Gasteiger partial charge in [0.25, 0.3) is 0 Å². The molecule has 92 valence electrons. The Labute approximate surface area is 102 Å². The van der Waals surface area contributed by atoms with E-state index in [0.717, 1.165) is 23.0 Å². The zero-order chi connectivity index (χ0) is 12.0. The Morgan fingerprint density at radius 3 is 2.65 bits per heavy atom. The average Bonchev–Trinajstić information content (AvgIpc) is 2.89. The summed E-state index contributed by atoms with van der Waals surface area (Å²) in [6.07, 6.45) is 4.22.